The molecule has 1 aliphatic heterocycles. The normalized spacial score (nSPS) is 15.4. The monoisotopic (exact) mass is 348 g/mol. The van der Waals surface area contributed by atoms with Crippen molar-refractivity contribution in [1.29, 1.82) is 0 Å². The summed E-state index contributed by atoms with van der Waals surface area (Å²) in [5, 5.41) is 4.53. The van der Waals surface area contributed by atoms with E-state index in [9.17, 15) is 0 Å². The summed E-state index contributed by atoms with van der Waals surface area (Å²) in [6.45, 7) is 9.07. The molecule has 1 fully saturated rings. The number of benzene rings is 1. The van der Waals surface area contributed by atoms with Gasteiger partial charge in [-0.2, -0.15) is 5.10 Å². The van der Waals surface area contributed by atoms with E-state index in [1.165, 1.54) is 5.56 Å². The average molecular weight is 348 g/mol. The minimum absolute atomic E-state index is 0.826. The molecule has 0 bridgehead atoms. The van der Waals surface area contributed by atoms with Crippen molar-refractivity contribution in [1.82, 2.24) is 24.6 Å². The van der Waals surface area contributed by atoms with Crippen molar-refractivity contribution in [2.45, 2.75) is 20.4 Å². The first-order valence-corrected chi connectivity index (χ1v) is 9.06. The van der Waals surface area contributed by atoms with E-state index in [-0.39, 0.29) is 0 Å². The quantitative estimate of drug-likeness (QED) is 0.725. The van der Waals surface area contributed by atoms with Gasteiger partial charge in [0.1, 0.15) is 12.1 Å². The zero-order valence-electron chi connectivity index (χ0n) is 15.3. The van der Waals surface area contributed by atoms with Gasteiger partial charge in [-0.05, 0) is 25.5 Å². The van der Waals surface area contributed by atoms with E-state index in [4.69, 9.17) is 0 Å². The maximum absolute atomic E-state index is 4.53. The van der Waals surface area contributed by atoms with Crippen LogP contribution in [0.25, 0.3) is 5.82 Å². The molecule has 0 saturated carbocycles. The lowest BCUT2D eigenvalue weighted by Gasteiger charge is -2.35. The average Bonchev–Trinajstić information content (AvgIpc) is 3.01. The van der Waals surface area contributed by atoms with Crippen LogP contribution in [-0.4, -0.2) is 50.8 Å². The number of aryl methyl sites for hydroxylation is 2. The molecule has 134 valence electrons. The Morgan fingerprint density at radius 3 is 2.31 bits per heavy atom. The van der Waals surface area contributed by atoms with Crippen molar-refractivity contribution in [2.24, 2.45) is 0 Å². The first-order valence-electron chi connectivity index (χ1n) is 9.06. The van der Waals surface area contributed by atoms with E-state index in [0.717, 1.165) is 55.7 Å². The van der Waals surface area contributed by atoms with Crippen LogP contribution in [0.5, 0.6) is 0 Å². The minimum Gasteiger partial charge on any atom is -0.354 e. The number of aromatic nitrogens is 4. The molecule has 3 aromatic rings. The first kappa shape index (κ1) is 16.7. The molecule has 0 unspecified atom stereocenters. The zero-order valence-corrected chi connectivity index (χ0v) is 15.3. The van der Waals surface area contributed by atoms with E-state index >= 15 is 0 Å². The third kappa shape index (κ3) is 3.60. The van der Waals surface area contributed by atoms with Crippen LogP contribution in [0.2, 0.25) is 0 Å². The fraction of sp³-hybridized carbons (Fsp3) is 0.350. The van der Waals surface area contributed by atoms with Crippen LogP contribution < -0.4 is 4.90 Å². The van der Waals surface area contributed by atoms with Crippen molar-refractivity contribution in [3.8, 4) is 5.82 Å². The number of piperazine rings is 1. The van der Waals surface area contributed by atoms with Gasteiger partial charge in [-0.3, -0.25) is 4.90 Å². The highest BCUT2D eigenvalue weighted by Gasteiger charge is 2.19. The summed E-state index contributed by atoms with van der Waals surface area (Å²) in [5.41, 5.74) is 3.45. The third-order valence-corrected chi connectivity index (χ3v) is 4.81. The molecule has 26 heavy (non-hydrogen) atoms. The molecule has 2 aromatic heterocycles. The molecule has 1 aromatic carbocycles. The Kier molecular flexibility index (Phi) is 4.67. The molecule has 6 heteroatoms. The van der Waals surface area contributed by atoms with E-state index in [0.29, 0.717) is 0 Å². The van der Waals surface area contributed by atoms with Gasteiger partial charge in [-0.1, -0.05) is 30.3 Å². The predicted molar refractivity (Wildman–Crippen MR) is 103 cm³/mol. The van der Waals surface area contributed by atoms with Gasteiger partial charge in [0.25, 0.3) is 0 Å². The Balaban J connectivity index is 1.43. The molecular weight excluding hydrogens is 324 g/mol. The zero-order chi connectivity index (χ0) is 17.9. The molecule has 6 nitrogen and oxygen atoms in total. The summed E-state index contributed by atoms with van der Waals surface area (Å²) in [5.74, 6) is 1.80. The van der Waals surface area contributed by atoms with Crippen LogP contribution in [0.1, 0.15) is 17.0 Å². The molecule has 1 aliphatic rings. The van der Waals surface area contributed by atoms with Crippen LogP contribution in [0.4, 0.5) is 5.82 Å². The van der Waals surface area contributed by atoms with Gasteiger partial charge in [-0.25, -0.2) is 14.6 Å². The van der Waals surface area contributed by atoms with Crippen LogP contribution in [0.3, 0.4) is 0 Å². The van der Waals surface area contributed by atoms with Gasteiger partial charge < -0.3 is 4.90 Å². The Labute approximate surface area is 154 Å². The van der Waals surface area contributed by atoms with Crippen LogP contribution in [0.15, 0.2) is 48.8 Å². The Bertz CT molecular complexity index is 865. The summed E-state index contributed by atoms with van der Waals surface area (Å²) in [7, 11) is 0. The lowest BCUT2D eigenvalue weighted by Crippen LogP contribution is -2.46. The summed E-state index contributed by atoms with van der Waals surface area (Å²) in [4.78, 5) is 13.7. The smallest absolute Gasteiger partial charge is 0.159 e. The minimum atomic E-state index is 0.826. The van der Waals surface area contributed by atoms with Gasteiger partial charge in [0.2, 0.25) is 0 Å². The third-order valence-electron chi connectivity index (χ3n) is 4.81. The fourth-order valence-electron chi connectivity index (χ4n) is 3.46. The molecule has 0 amide bonds. The first-order chi connectivity index (χ1) is 12.7. The molecule has 0 radical (unpaired) electrons. The van der Waals surface area contributed by atoms with E-state index < -0.39 is 0 Å². The second kappa shape index (κ2) is 7.25. The van der Waals surface area contributed by atoms with E-state index in [1.807, 2.05) is 24.6 Å². The van der Waals surface area contributed by atoms with Crippen molar-refractivity contribution < 1.29 is 0 Å². The Hall–Kier alpha value is -2.73. The lowest BCUT2D eigenvalue weighted by atomic mass is 10.2. The maximum Gasteiger partial charge on any atom is 0.159 e. The van der Waals surface area contributed by atoms with Gasteiger partial charge in [0.05, 0.1) is 5.69 Å². The highest BCUT2D eigenvalue weighted by atomic mass is 15.3. The second-order valence-electron chi connectivity index (χ2n) is 6.82. The van der Waals surface area contributed by atoms with Gasteiger partial charge >= 0.3 is 0 Å². The predicted octanol–water partition coefficient (Wildman–Crippen LogP) is 2.60. The second-order valence-corrected chi connectivity index (χ2v) is 6.82. The van der Waals surface area contributed by atoms with Crippen molar-refractivity contribution in [2.75, 3.05) is 31.1 Å². The van der Waals surface area contributed by atoms with Crippen molar-refractivity contribution >= 4 is 5.82 Å². The molecule has 0 aliphatic carbocycles. The molecule has 0 atom stereocenters. The van der Waals surface area contributed by atoms with Crippen LogP contribution in [0, 0.1) is 13.8 Å². The summed E-state index contributed by atoms with van der Waals surface area (Å²) >= 11 is 0. The maximum atomic E-state index is 4.53. The summed E-state index contributed by atoms with van der Waals surface area (Å²) < 4.78 is 1.88. The van der Waals surface area contributed by atoms with Crippen LogP contribution >= 0.6 is 0 Å². The summed E-state index contributed by atoms with van der Waals surface area (Å²) in [6, 6.07) is 14.8. The summed E-state index contributed by atoms with van der Waals surface area (Å²) in [6.07, 6.45) is 1.64. The van der Waals surface area contributed by atoms with E-state index in [1.54, 1.807) is 6.33 Å². The van der Waals surface area contributed by atoms with Gasteiger partial charge in [-0.15, -0.1) is 0 Å². The molecule has 1 saturated heterocycles. The molecule has 0 N–H and O–H groups in total. The van der Waals surface area contributed by atoms with Gasteiger partial charge in [0, 0.05) is 44.5 Å². The molecule has 3 heterocycles. The van der Waals surface area contributed by atoms with Crippen molar-refractivity contribution in [3.05, 3.63) is 65.7 Å². The highest BCUT2D eigenvalue weighted by molar-refractivity contribution is 5.44. The Morgan fingerprint density at radius 2 is 1.62 bits per heavy atom. The fourth-order valence-corrected chi connectivity index (χ4v) is 3.46. The standard InChI is InChI=1S/C20H24N6/c1-16-12-17(2)26(23-16)20-13-19(21-15-22-20)25-10-8-24(9-11-25)14-18-6-4-3-5-7-18/h3-7,12-13,15H,8-11,14H2,1-2H3. The lowest BCUT2D eigenvalue weighted by molar-refractivity contribution is 0.249. The number of hydrogen-bond donors (Lipinski definition) is 0. The van der Waals surface area contributed by atoms with E-state index in [2.05, 4.69) is 61.3 Å². The number of anilines is 1. The van der Waals surface area contributed by atoms with Crippen molar-refractivity contribution in [3.63, 3.8) is 0 Å². The number of nitrogens with zero attached hydrogens (tertiary/aromatic N) is 6. The van der Waals surface area contributed by atoms with Crippen LogP contribution in [-0.2, 0) is 6.54 Å². The molecule has 4 rings (SSSR count). The highest BCUT2D eigenvalue weighted by Crippen LogP contribution is 2.18. The SMILES string of the molecule is Cc1cc(C)n(-c2cc(N3CCN(Cc4ccccc4)CC3)ncn2)n1. The number of rotatable bonds is 4. The molecule has 0 spiro atoms. The molecular formula is C20H24N6. The van der Waals surface area contributed by atoms with Gasteiger partial charge in [0.15, 0.2) is 5.82 Å². The topological polar surface area (TPSA) is 50.1 Å². The number of hydrogen-bond acceptors (Lipinski definition) is 5. The Morgan fingerprint density at radius 1 is 0.885 bits per heavy atom. The largest absolute Gasteiger partial charge is 0.354 e.